The van der Waals surface area contributed by atoms with Crippen LogP contribution in [-0.4, -0.2) is 32.4 Å². The first-order valence-electron chi connectivity index (χ1n) is 11.1. The zero-order valence-electron chi connectivity index (χ0n) is 18.3. The van der Waals surface area contributed by atoms with Gasteiger partial charge in [-0.2, -0.15) is 0 Å². The van der Waals surface area contributed by atoms with Crippen molar-refractivity contribution in [1.82, 2.24) is 14.9 Å². The van der Waals surface area contributed by atoms with E-state index in [2.05, 4.69) is 30.3 Å². The molecular weight excluding hydrogens is 422 g/mol. The van der Waals surface area contributed by atoms with Crippen molar-refractivity contribution in [2.24, 2.45) is 0 Å². The lowest BCUT2D eigenvalue weighted by atomic mass is 9.97. The summed E-state index contributed by atoms with van der Waals surface area (Å²) < 4.78 is 0. The molecule has 1 atom stereocenters. The van der Waals surface area contributed by atoms with Gasteiger partial charge in [0.1, 0.15) is 5.82 Å². The summed E-state index contributed by atoms with van der Waals surface area (Å²) in [5.74, 6) is 0.674. The minimum absolute atomic E-state index is 0.160. The van der Waals surface area contributed by atoms with Crippen LogP contribution in [0, 0.1) is 0 Å². The third kappa shape index (κ3) is 3.59. The van der Waals surface area contributed by atoms with Crippen LogP contribution < -0.4 is 5.56 Å². The van der Waals surface area contributed by atoms with Gasteiger partial charge in [0.25, 0.3) is 11.5 Å². The van der Waals surface area contributed by atoms with E-state index in [-0.39, 0.29) is 23.4 Å². The Hall–Kier alpha value is -2.77. The molecule has 3 heterocycles. The van der Waals surface area contributed by atoms with Crippen LogP contribution in [0.5, 0.6) is 0 Å². The Morgan fingerprint density at radius 2 is 2.00 bits per heavy atom. The highest BCUT2D eigenvalue weighted by molar-refractivity contribution is 7.10. The molecule has 1 amide bonds. The Bertz CT molecular complexity index is 1210. The van der Waals surface area contributed by atoms with Crippen LogP contribution in [-0.2, 0) is 23.2 Å². The quantitative estimate of drug-likeness (QED) is 0.623. The molecule has 1 fully saturated rings. The van der Waals surface area contributed by atoms with Crippen molar-refractivity contribution in [3.63, 3.8) is 0 Å². The van der Waals surface area contributed by atoms with E-state index in [9.17, 15) is 14.7 Å². The van der Waals surface area contributed by atoms with E-state index in [4.69, 9.17) is 4.98 Å². The maximum atomic E-state index is 13.0. The van der Waals surface area contributed by atoms with Crippen molar-refractivity contribution < 1.29 is 9.90 Å². The number of rotatable bonds is 5. The lowest BCUT2D eigenvalue weighted by Gasteiger charge is -2.30. The summed E-state index contributed by atoms with van der Waals surface area (Å²) in [6, 6.07) is 11.6. The number of hydrogen-bond donors (Lipinski definition) is 2. The van der Waals surface area contributed by atoms with Crippen molar-refractivity contribution in [2.45, 2.75) is 57.1 Å². The van der Waals surface area contributed by atoms with Crippen LogP contribution in [0.3, 0.4) is 0 Å². The number of nitrogens with zero attached hydrogens (tertiary/aromatic N) is 2. The normalized spacial score (nSPS) is 17.8. The van der Waals surface area contributed by atoms with E-state index in [1.54, 1.807) is 22.3 Å². The third-order valence-electron chi connectivity index (χ3n) is 6.70. The fourth-order valence-electron chi connectivity index (χ4n) is 4.52. The fourth-order valence-corrected chi connectivity index (χ4v) is 5.51. The largest absolute Gasteiger partial charge is 0.378 e. The molecule has 0 spiro atoms. The molecule has 0 saturated heterocycles. The second kappa shape index (κ2) is 7.98. The van der Waals surface area contributed by atoms with Crippen molar-refractivity contribution in [1.29, 1.82) is 0 Å². The topological polar surface area (TPSA) is 86.3 Å². The summed E-state index contributed by atoms with van der Waals surface area (Å²) in [5, 5.41) is 12.8. The molecular formula is C25H27N3O3S. The molecule has 1 aliphatic carbocycles. The van der Waals surface area contributed by atoms with E-state index in [1.807, 2.05) is 24.3 Å². The first-order valence-corrected chi connectivity index (χ1v) is 12.0. The molecule has 6 nitrogen and oxygen atoms in total. The maximum Gasteiger partial charge on any atom is 0.256 e. The van der Waals surface area contributed by atoms with E-state index in [0.717, 1.165) is 29.9 Å². The van der Waals surface area contributed by atoms with Crippen molar-refractivity contribution >= 4 is 17.2 Å². The molecule has 3 aromatic rings. The van der Waals surface area contributed by atoms with Gasteiger partial charge in [0.15, 0.2) is 6.10 Å². The Labute approximate surface area is 191 Å². The summed E-state index contributed by atoms with van der Waals surface area (Å²) >= 11 is 1.70. The maximum absolute atomic E-state index is 13.0. The number of benzene rings is 1. The highest BCUT2D eigenvalue weighted by Crippen LogP contribution is 2.53. The van der Waals surface area contributed by atoms with Gasteiger partial charge < -0.3 is 15.0 Å². The van der Waals surface area contributed by atoms with Gasteiger partial charge in [-0.25, -0.2) is 4.98 Å². The number of aromatic nitrogens is 2. The number of aromatic amines is 1. The lowest BCUT2D eigenvalue weighted by Crippen LogP contribution is -2.42. The minimum atomic E-state index is -1.24. The minimum Gasteiger partial charge on any atom is -0.378 e. The molecule has 1 unspecified atom stereocenters. The molecule has 0 radical (unpaired) electrons. The first-order chi connectivity index (χ1) is 15.4. The molecule has 32 heavy (non-hydrogen) atoms. The van der Waals surface area contributed by atoms with Crippen LogP contribution in [0.1, 0.15) is 71.8 Å². The Balaban J connectivity index is 1.38. The summed E-state index contributed by atoms with van der Waals surface area (Å²) in [6.45, 7) is 4.76. The Kier molecular flexibility index (Phi) is 5.26. The molecule has 1 saturated carbocycles. The molecule has 1 aromatic carbocycles. The SMILES string of the molecule is CC(C)c1cccc(C(O)C(=O)N2CCc3nc(C4(c5cccs5)CC4)[nH]c(=O)c3C2)c1. The highest BCUT2D eigenvalue weighted by Gasteiger charge is 2.49. The second-order valence-corrected chi connectivity index (χ2v) is 10.1. The molecule has 1 aliphatic heterocycles. The number of aliphatic hydroxyl groups is 1. The molecule has 2 N–H and O–H groups in total. The van der Waals surface area contributed by atoms with E-state index in [1.165, 1.54) is 4.88 Å². The molecule has 2 aliphatic rings. The standard InChI is InChI=1S/C25H27N3O3S/c1-15(2)16-5-3-6-17(13-16)21(29)23(31)28-11-8-19-18(14-28)22(30)27-24(26-19)25(9-10-25)20-7-4-12-32-20/h3-7,12-13,15,21,29H,8-11,14H2,1-2H3,(H,26,27,30). The zero-order valence-corrected chi connectivity index (χ0v) is 19.1. The van der Waals surface area contributed by atoms with E-state index >= 15 is 0 Å². The molecule has 2 aromatic heterocycles. The molecule has 0 bridgehead atoms. The smallest absolute Gasteiger partial charge is 0.256 e. The van der Waals surface area contributed by atoms with Crippen LogP contribution in [0.25, 0.3) is 0 Å². The second-order valence-electron chi connectivity index (χ2n) is 9.14. The number of hydrogen-bond acceptors (Lipinski definition) is 5. The van der Waals surface area contributed by atoms with Crippen molar-refractivity contribution in [3.05, 3.63) is 85.2 Å². The number of carbonyl (C=O) groups is 1. The number of carbonyl (C=O) groups excluding carboxylic acids is 1. The van der Waals surface area contributed by atoms with E-state index in [0.29, 0.717) is 30.0 Å². The van der Waals surface area contributed by atoms with Crippen LogP contribution in [0.4, 0.5) is 0 Å². The number of H-pyrrole nitrogens is 1. The number of amides is 1. The first kappa shape index (κ1) is 21.1. The van der Waals surface area contributed by atoms with Crippen molar-refractivity contribution in [2.75, 3.05) is 6.54 Å². The van der Waals surface area contributed by atoms with Gasteiger partial charge in [-0.3, -0.25) is 9.59 Å². The van der Waals surface area contributed by atoms with Gasteiger partial charge in [-0.1, -0.05) is 44.2 Å². The van der Waals surface area contributed by atoms with Crippen LogP contribution in [0.15, 0.2) is 46.6 Å². The highest BCUT2D eigenvalue weighted by atomic mass is 32.1. The monoisotopic (exact) mass is 449 g/mol. The number of aliphatic hydroxyl groups excluding tert-OH is 1. The summed E-state index contributed by atoms with van der Waals surface area (Å²) in [7, 11) is 0. The summed E-state index contributed by atoms with van der Waals surface area (Å²) in [4.78, 5) is 36.7. The molecule has 7 heteroatoms. The van der Waals surface area contributed by atoms with Crippen LogP contribution >= 0.6 is 11.3 Å². The zero-order chi connectivity index (χ0) is 22.5. The predicted molar refractivity (Wildman–Crippen MR) is 124 cm³/mol. The number of thiophene rings is 1. The van der Waals surface area contributed by atoms with E-state index < -0.39 is 6.10 Å². The van der Waals surface area contributed by atoms with Crippen molar-refractivity contribution in [3.8, 4) is 0 Å². The summed E-state index contributed by atoms with van der Waals surface area (Å²) in [5.41, 5.74) is 2.62. The Morgan fingerprint density at radius 3 is 2.69 bits per heavy atom. The van der Waals surface area contributed by atoms with Gasteiger partial charge in [0.2, 0.25) is 0 Å². The molecule has 166 valence electrons. The average Bonchev–Trinajstić information content (AvgIpc) is 3.43. The predicted octanol–water partition coefficient (Wildman–Crippen LogP) is 3.65. The van der Waals surface area contributed by atoms with Gasteiger partial charge in [-0.15, -0.1) is 11.3 Å². The summed E-state index contributed by atoms with van der Waals surface area (Å²) in [6.07, 6.45) is 1.25. The average molecular weight is 450 g/mol. The number of fused-ring (bicyclic) bond motifs is 1. The molecule has 5 rings (SSSR count). The van der Waals surface area contributed by atoms with Crippen LogP contribution in [0.2, 0.25) is 0 Å². The Morgan fingerprint density at radius 1 is 1.22 bits per heavy atom. The van der Waals surface area contributed by atoms with Gasteiger partial charge in [0, 0.05) is 17.8 Å². The number of nitrogens with one attached hydrogen (secondary N) is 1. The van der Waals surface area contributed by atoms with Gasteiger partial charge in [-0.05, 0) is 41.3 Å². The van der Waals surface area contributed by atoms with Gasteiger partial charge >= 0.3 is 0 Å². The fraction of sp³-hybridized carbons (Fsp3) is 0.400. The van der Waals surface area contributed by atoms with Gasteiger partial charge in [0.05, 0.1) is 23.2 Å². The third-order valence-corrected chi connectivity index (χ3v) is 7.78. The lowest BCUT2D eigenvalue weighted by molar-refractivity contribution is -0.141.